The fourth-order valence-electron chi connectivity index (χ4n) is 2.78. The molecule has 2 unspecified atom stereocenters. The molecule has 2 heterocycles. The molecule has 2 aliphatic heterocycles. The molecule has 18 heavy (non-hydrogen) atoms. The lowest BCUT2D eigenvalue weighted by atomic mass is 9.99. The van der Waals surface area contributed by atoms with Gasteiger partial charge in [0.15, 0.2) is 0 Å². The van der Waals surface area contributed by atoms with Crippen LogP contribution in [0.2, 0.25) is 0 Å². The third-order valence-electron chi connectivity index (χ3n) is 3.83. The molecule has 2 saturated heterocycles. The zero-order valence-electron chi connectivity index (χ0n) is 10.3. The first-order valence-corrected chi connectivity index (χ1v) is 6.58. The first-order valence-electron chi connectivity index (χ1n) is 6.58. The fraction of sp³-hybridized carbons (Fsp3) is 0.917. The average molecular weight is 264 g/mol. The van der Waals surface area contributed by atoms with E-state index in [0.29, 0.717) is 19.4 Å². The first kappa shape index (κ1) is 13.6. The van der Waals surface area contributed by atoms with Crippen molar-refractivity contribution >= 4 is 5.91 Å². The second-order valence-corrected chi connectivity index (χ2v) is 5.13. The fourth-order valence-corrected chi connectivity index (χ4v) is 2.78. The molecule has 2 fully saturated rings. The van der Waals surface area contributed by atoms with E-state index in [9.17, 15) is 18.0 Å². The van der Waals surface area contributed by atoms with Crippen LogP contribution in [0.15, 0.2) is 0 Å². The van der Waals surface area contributed by atoms with Crippen molar-refractivity contribution in [3.05, 3.63) is 0 Å². The highest BCUT2D eigenvalue weighted by atomic mass is 19.4. The van der Waals surface area contributed by atoms with Gasteiger partial charge in [-0.3, -0.25) is 4.79 Å². The van der Waals surface area contributed by atoms with E-state index in [1.165, 1.54) is 0 Å². The monoisotopic (exact) mass is 264 g/mol. The molecule has 0 aliphatic carbocycles. The number of nitrogens with one attached hydrogen (secondary N) is 1. The van der Waals surface area contributed by atoms with Crippen LogP contribution in [-0.2, 0) is 4.79 Å². The number of amides is 1. The van der Waals surface area contributed by atoms with E-state index in [-0.39, 0.29) is 24.9 Å². The molecule has 2 aliphatic rings. The summed E-state index contributed by atoms with van der Waals surface area (Å²) in [5.41, 5.74) is 0. The molecule has 0 saturated carbocycles. The molecule has 3 nitrogen and oxygen atoms in total. The van der Waals surface area contributed by atoms with Gasteiger partial charge in [0.1, 0.15) is 6.04 Å². The van der Waals surface area contributed by atoms with Gasteiger partial charge in [0.25, 0.3) is 0 Å². The minimum Gasteiger partial charge on any atom is -0.338 e. The van der Waals surface area contributed by atoms with E-state index >= 15 is 0 Å². The predicted octanol–water partition coefficient (Wildman–Crippen LogP) is 2.07. The molecule has 2 atom stereocenters. The summed E-state index contributed by atoms with van der Waals surface area (Å²) in [7, 11) is 0. The maximum absolute atomic E-state index is 12.5. The van der Waals surface area contributed by atoms with Gasteiger partial charge in [-0.05, 0) is 25.7 Å². The summed E-state index contributed by atoms with van der Waals surface area (Å²) in [6, 6.07) is -1.47. The van der Waals surface area contributed by atoms with E-state index in [1.807, 2.05) is 0 Å². The minimum atomic E-state index is -4.17. The topological polar surface area (TPSA) is 32.3 Å². The molecule has 1 N–H and O–H groups in total. The van der Waals surface area contributed by atoms with Crippen molar-refractivity contribution in [1.29, 1.82) is 0 Å². The highest BCUT2D eigenvalue weighted by Crippen LogP contribution is 2.28. The van der Waals surface area contributed by atoms with Crippen molar-refractivity contribution in [2.24, 2.45) is 0 Å². The standard InChI is InChI=1S/C12H19F3N2O/c13-12(14,15)10-6-5-9(8-16-10)17-7-3-1-2-4-11(17)18/h9-10,16H,1-8H2. The molecule has 0 bridgehead atoms. The van der Waals surface area contributed by atoms with Crippen molar-refractivity contribution in [3.63, 3.8) is 0 Å². The van der Waals surface area contributed by atoms with Crippen LogP contribution < -0.4 is 5.32 Å². The summed E-state index contributed by atoms with van der Waals surface area (Å²) in [5.74, 6) is 0.102. The number of carbonyl (C=O) groups is 1. The van der Waals surface area contributed by atoms with Gasteiger partial charge in [0.2, 0.25) is 5.91 Å². The Bertz CT molecular complexity index is 298. The lowest BCUT2D eigenvalue weighted by Gasteiger charge is -2.37. The van der Waals surface area contributed by atoms with Crippen LogP contribution in [0.25, 0.3) is 0 Å². The predicted molar refractivity (Wildman–Crippen MR) is 61.0 cm³/mol. The number of hydrogen-bond acceptors (Lipinski definition) is 2. The van der Waals surface area contributed by atoms with Crippen LogP contribution in [0.4, 0.5) is 13.2 Å². The summed E-state index contributed by atoms with van der Waals surface area (Å²) in [4.78, 5) is 13.7. The van der Waals surface area contributed by atoms with Gasteiger partial charge < -0.3 is 10.2 Å². The maximum Gasteiger partial charge on any atom is 0.403 e. The van der Waals surface area contributed by atoms with Crippen LogP contribution in [0.3, 0.4) is 0 Å². The summed E-state index contributed by atoms with van der Waals surface area (Å²) in [6.07, 6.45) is -0.215. The molecule has 1 amide bonds. The number of halogens is 3. The van der Waals surface area contributed by atoms with Crippen LogP contribution in [-0.4, -0.2) is 42.2 Å². The SMILES string of the molecule is O=C1CCCCCN1C1CCC(C(F)(F)F)NC1. The largest absolute Gasteiger partial charge is 0.403 e. The Hall–Kier alpha value is -0.780. The third kappa shape index (κ3) is 3.16. The van der Waals surface area contributed by atoms with Gasteiger partial charge in [0.05, 0.1) is 0 Å². The number of nitrogens with zero attached hydrogens (tertiary/aromatic N) is 1. The van der Waals surface area contributed by atoms with Crippen molar-refractivity contribution in [1.82, 2.24) is 10.2 Å². The number of rotatable bonds is 1. The molecule has 0 aromatic heterocycles. The van der Waals surface area contributed by atoms with Crippen LogP contribution in [0.5, 0.6) is 0 Å². The van der Waals surface area contributed by atoms with Gasteiger partial charge in [-0.15, -0.1) is 0 Å². The second kappa shape index (κ2) is 5.47. The van der Waals surface area contributed by atoms with Gasteiger partial charge in [0, 0.05) is 25.6 Å². The van der Waals surface area contributed by atoms with Gasteiger partial charge in [-0.1, -0.05) is 6.42 Å². The van der Waals surface area contributed by atoms with Gasteiger partial charge in [-0.2, -0.15) is 13.2 Å². The van der Waals surface area contributed by atoms with Crippen LogP contribution in [0.1, 0.15) is 38.5 Å². The normalized spacial score (nSPS) is 31.3. The molecule has 104 valence electrons. The quantitative estimate of drug-likeness (QED) is 0.786. The van der Waals surface area contributed by atoms with E-state index in [4.69, 9.17) is 0 Å². The lowest BCUT2D eigenvalue weighted by Crippen LogP contribution is -2.55. The van der Waals surface area contributed by atoms with E-state index in [0.717, 1.165) is 19.3 Å². The molecular weight excluding hydrogens is 245 g/mol. The first-order chi connectivity index (χ1) is 8.48. The highest BCUT2D eigenvalue weighted by molar-refractivity contribution is 5.76. The van der Waals surface area contributed by atoms with Gasteiger partial charge >= 0.3 is 6.18 Å². The summed E-state index contributed by atoms with van der Waals surface area (Å²) in [5, 5.41) is 2.53. The molecule has 0 radical (unpaired) electrons. The smallest absolute Gasteiger partial charge is 0.338 e. The van der Waals surface area contributed by atoms with Crippen LogP contribution >= 0.6 is 0 Å². The molecular formula is C12H19F3N2O. The van der Waals surface area contributed by atoms with Crippen molar-refractivity contribution in [2.45, 2.75) is 56.8 Å². The van der Waals surface area contributed by atoms with Crippen molar-refractivity contribution < 1.29 is 18.0 Å². The Morgan fingerprint density at radius 3 is 2.56 bits per heavy atom. The minimum absolute atomic E-state index is 0.0609. The zero-order valence-corrected chi connectivity index (χ0v) is 10.3. The number of alkyl halides is 3. The summed E-state index contributed by atoms with van der Waals surface area (Å²) >= 11 is 0. The Kier molecular flexibility index (Phi) is 4.14. The van der Waals surface area contributed by atoms with E-state index in [2.05, 4.69) is 5.32 Å². The molecule has 0 aromatic carbocycles. The zero-order chi connectivity index (χ0) is 13.2. The number of carbonyl (C=O) groups excluding carboxylic acids is 1. The third-order valence-corrected chi connectivity index (χ3v) is 3.83. The highest BCUT2D eigenvalue weighted by Gasteiger charge is 2.42. The Morgan fingerprint density at radius 1 is 1.17 bits per heavy atom. The van der Waals surface area contributed by atoms with Gasteiger partial charge in [-0.25, -0.2) is 0 Å². The van der Waals surface area contributed by atoms with E-state index < -0.39 is 12.2 Å². The number of hydrogen-bond donors (Lipinski definition) is 1. The van der Waals surface area contributed by atoms with Crippen molar-refractivity contribution in [3.8, 4) is 0 Å². The summed E-state index contributed by atoms with van der Waals surface area (Å²) in [6.45, 7) is 0.956. The lowest BCUT2D eigenvalue weighted by molar-refractivity contribution is -0.163. The Balaban J connectivity index is 1.90. The summed E-state index contributed by atoms with van der Waals surface area (Å²) < 4.78 is 37.5. The van der Waals surface area contributed by atoms with E-state index in [1.54, 1.807) is 4.90 Å². The molecule has 2 rings (SSSR count). The molecule has 0 aromatic rings. The van der Waals surface area contributed by atoms with Crippen molar-refractivity contribution in [2.75, 3.05) is 13.1 Å². The second-order valence-electron chi connectivity index (χ2n) is 5.13. The Labute approximate surface area is 105 Å². The molecule has 0 spiro atoms. The number of piperidine rings is 1. The maximum atomic E-state index is 12.5. The average Bonchev–Trinajstić information content (AvgIpc) is 2.53. The van der Waals surface area contributed by atoms with Crippen LogP contribution in [0, 0.1) is 0 Å². The Morgan fingerprint density at radius 2 is 1.94 bits per heavy atom. The number of likely N-dealkylation sites (tertiary alicyclic amines) is 1. The molecule has 6 heteroatoms.